The Morgan fingerprint density at radius 2 is 1.09 bits per heavy atom. The Labute approximate surface area is 133 Å². The minimum atomic E-state index is 1.16. The number of hydrogen-bond acceptors (Lipinski definition) is 2. The zero-order valence-electron chi connectivity index (χ0n) is 13.5. The van der Waals surface area contributed by atoms with Crippen molar-refractivity contribution in [3.8, 4) is 0 Å². The van der Waals surface area contributed by atoms with E-state index in [0.717, 1.165) is 5.69 Å². The van der Waals surface area contributed by atoms with Crippen molar-refractivity contribution in [3.05, 3.63) is 96.3 Å². The van der Waals surface area contributed by atoms with Crippen LogP contribution >= 0.6 is 0 Å². The van der Waals surface area contributed by atoms with E-state index in [1.165, 1.54) is 11.1 Å². The van der Waals surface area contributed by atoms with E-state index in [9.17, 15) is 0 Å². The molecule has 0 atom stereocenters. The number of rotatable bonds is 1. The Hall–Kier alpha value is -2.61. The van der Waals surface area contributed by atoms with Crippen LogP contribution < -0.4 is 5.32 Å². The SMILES string of the molecule is CNc1ccccc1.Cc1ccc(C)cc1.c1ccncc1. The molecule has 0 aliphatic heterocycles. The van der Waals surface area contributed by atoms with Gasteiger partial charge in [-0.3, -0.25) is 4.98 Å². The van der Waals surface area contributed by atoms with Gasteiger partial charge in [-0.15, -0.1) is 0 Å². The fourth-order valence-electron chi connectivity index (χ4n) is 1.55. The molecule has 1 heterocycles. The van der Waals surface area contributed by atoms with E-state index in [-0.39, 0.29) is 0 Å². The first-order valence-corrected chi connectivity index (χ1v) is 7.33. The zero-order valence-corrected chi connectivity index (χ0v) is 13.5. The normalized spacial score (nSPS) is 8.68. The van der Waals surface area contributed by atoms with Crippen molar-refractivity contribution < 1.29 is 0 Å². The minimum absolute atomic E-state index is 1.16. The van der Waals surface area contributed by atoms with Gasteiger partial charge in [0.1, 0.15) is 0 Å². The maximum absolute atomic E-state index is 3.78. The van der Waals surface area contributed by atoms with Crippen LogP contribution in [0.2, 0.25) is 0 Å². The molecule has 0 bridgehead atoms. The summed E-state index contributed by atoms with van der Waals surface area (Å²) in [4.78, 5) is 3.78. The van der Waals surface area contributed by atoms with E-state index in [0.29, 0.717) is 0 Å². The van der Waals surface area contributed by atoms with Gasteiger partial charge in [0, 0.05) is 25.1 Å². The summed E-state index contributed by atoms with van der Waals surface area (Å²) >= 11 is 0. The average molecular weight is 292 g/mol. The van der Waals surface area contributed by atoms with Crippen molar-refractivity contribution in [2.24, 2.45) is 0 Å². The molecular weight excluding hydrogens is 268 g/mol. The third-order valence-electron chi connectivity index (χ3n) is 2.85. The predicted molar refractivity (Wildman–Crippen MR) is 96.1 cm³/mol. The molecule has 2 heteroatoms. The molecule has 114 valence electrons. The summed E-state index contributed by atoms with van der Waals surface area (Å²) < 4.78 is 0. The first kappa shape index (κ1) is 17.4. The molecule has 0 spiro atoms. The van der Waals surface area contributed by atoms with Gasteiger partial charge >= 0.3 is 0 Å². The van der Waals surface area contributed by atoms with Crippen LogP contribution in [-0.2, 0) is 0 Å². The quantitative estimate of drug-likeness (QED) is 0.674. The summed E-state index contributed by atoms with van der Waals surface area (Å²) in [5.41, 5.74) is 3.82. The Bertz CT molecular complexity index is 542. The summed E-state index contributed by atoms with van der Waals surface area (Å²) in [6, 6.07) is 24.3. The number of para-hydroxylation sites is 1. The van der Waals surface area contributed by atoms with Gasteiger partial charge in [0.25, 0.3) is 0 Å². The Morgan fingerprint density at radius 1 is 0.636 bits per heavy atom. The van der Waals surface area contributed by atoms with Crippen molar-refractivity contribution >= 4 is 5.69 Å². The van der Waals surface area contributed by atoms with Gasteiger partial charge in [-0.2, -0.15) is 0 Å². The van der Waals surface area contributed by atoms with Gasteiger partial charge in [-0.05, 0) is 38.1 Å². The lowest BCUT2D eigenvalue weighted by Gasteiger charge is -1.94. The summed E-state index contributed by atoms with van der Waals surface area (Å²) in [7, 11) is 1.91. The van der Waals surface area contributed by atoms with E-state index in [2.05, 4.69) is 48.4 Å². The third-order valence-corrected chi connectivity index (χ3v) is 2.85. The van der Waals surface area contributed by atoms with E-state index in [1.54, 1.807) is 12.4 Å². The largest absolute Gasteiger partial charge is 0.388 e. The van der Waals surface area contributed by atoms with Gasteiger partial charge in [0.15, 0.2) is 0 Å². The van der Waals surface area contributed by atoms with E-state index in [1.807, 2.05) is 55.6 Å². The second kappa shape index (κ2) is 11.1. The van der Waals surface area contributed by atoms with Gasteiger partial charge in [-0.25, -0.2) is 0 Å². The lowest BCUT2D eigenvalue weighted by atomic mass is 10.2. The lowest BCUT2D eigenvalue weighted by molar-refractivity contribution is 1.33. The van der Waals surface area contributed by atoms with Crippen molar-refractivity contribution in [2.45, 2.75) is 13.8 Å². The second-order valence-electron chi connectivity index (χ2n) is 4.80. The molecule has 2 aromatic carbocycles. The Balaban J connectivity index is 0.000000167. The number of aromatic nitrogens is 1. The monoisotopic (exact) mass is 292 g/mol. The number of nitrogens with one attached hydrogen (secondary N) is 1. The van der Waals surface area contributed by atoms with Gasteiger partial charge < -0.3 is 5.32 Å². The highest BCUT2D eigenvalue weighted by atomic mass is 14.8. The topological polar surface area (TPSA) is 24.9 Å². The molecule has 0 radical (unpaired) electrons. The molecule has 2 nitrogen and oxygen atoms in total. The maximum atomic E-state index is 3.78. The van der Waals surface area contributed by atoms with Crippen molar-refractivity contribution in [2.75, 3.05) is 12.4 Å². The fourth-order valence-corrected chi connectivity index (χ4v) is 1.55. The Kier molecular flexibility index (Phi) is 8.79. The molecule has 3 aromatic rings. The minimum Gasteiger partial charge on any atom is -0.388 e. The molecule has 0 fully saturated rings. The van der Waals surface area contributed by atoms with Crippen LogP contribution in [0.1, 0.15) is 11.1 Å². The molecule has 22 heavy (non-hydrogen) atoms. The molecule has 0 saturated carbocycles. The highest BCUT2D eigenvalue weighted by Crippen LogP contribution is 2.01. The highest BCUT2D eigenvalue weighted by molar-refractivity contribution is 5.41. The molecule has 1 N–H and O–H groups in total. The summed E-state index contributed by atoms with van der Waals surface area (Å²) in [6.07, 6.45) is 3.50. The summed E-state index contributed by atoms with van der Waals surface area (Å²) in [5, 5.41) is 3.03. The van der Waals surface area contributed by atoms with Crippen molar-refractivity contribution in [1.82, 2.24) is 4.98 Å². The molecule has 0 aliphatic rings. The van der Waals surface area contributed by atoms with Gasteiger partial charge in [0.2, 0.25) is 0 Å². The number of anilines is 1. The number of aryl methyl sites for hydroxylation is 2. The van der Waals surface area contributed by atoms with Gasteiger partial charge in [0.05, 0.1) is 0 Å². The van der Waals surface area contributed by atoms with Crippen molar-refractivity contribution in [1.29, 1.82) is 0 Å². The van der Waals surface area contributed by atoms with Crippen LogP contribution in [0.25, 0.3) is 0 Å². The van der Waals surface area contributed by atoms with Crippen LogP contribution in [0.4, 0.5) is 5.69 Å². The summed E-state index contributed by atoms with van der Waals surface area (Å²) in [5.74, 6) is 0. The van der Waals surface area contributed by atoms with Crippen LogP contribution in [0.5, 0.6) is 0 Å². The molecule has 0 aliphatic carbocycles. The molecule has 1 aromatic heterocycles. The standard InChI is InChI=1S/C8H10.C7H9N.C5H5N/c1-7-3-5-8(2)6-4-7;1-8-7-5-3-2-4-6-7;1-2-4-6-5-3-1/h3-6H,1-2H3;2-6,8H,1H3;1-5H. The Morgan fingerprint density at radius 3 is 1.36 bits per heavy atom. The predicted octanol–water partition coefficient (Wildman–Crippen LogP) is 5.11. The third kappa shape index (κ3) is 8.54. The van der Waals surface area contributed by atoms with Crippen LogP contribution in [0.3, 0.4) is 0 Å². The number of nitrogens with zero attached hydrogens (tertiary/aromatic N) is 1. The van der Waals surface area contributed by atoms with Crippen LogP contribution in [-0.4, -0.2) is 12.0 Å². The molecule has 3 rings (SSSR count). The smallest absolute Gasteiger partial charge is 0.0337 e. The number of benzene rings is 2. The van der Waals surface area contributed by atoms with E-state index < -0.39 is 0 Å². The molecule has 0 unspecified atom stereocenters. The van der Waals surface area contributed by atoms with Crippen LogP contribution in [0, 0.1) is 13.8 Å². The maximum Gasteiger partial charge on any atom is 0.0337 e. The zero-order chi connectivity index (χ0) is 16.0. The first-order valence-electron chi connectivity index (χ1n) is 7.33. The molecule has 0 saturated heterocycles. The second-order valence-corrected chi connectivity index (χ2v) is 4.80. The van der Waals surface area contributed by atoms with E-state index >= 15 is 0 Å². The first-order chi connectivity index (χ1) is 10.7. The fraction of sp³-hybridized carbons (Fsp3) is 0.150. The lowest BCUT2D eigenvalue weighted by Crippen LogP contribution is -1.84. The van der Waals surface area contributed by atoms with Crippen molar-refractivity contribution in [3.63, 3.8) is 0 Å². The molecule has 0 amide bonds. The molecular formula is C20H24N2. The number of hydrogen-bond donors (Lipinski definition) is 1. The van der Waals surface area contributed by atoms with E-state index in [4.69, 9.17) is 0 Å². The summed E-state index contributed by atoms with van der Waals surface area (Å²) in [6.45, 7) is 4.19. The average Bonchev–Trinajstić information content (AvgIpc) is 2.61. The van der Waals surface area contributed by atoms with Crippen LogP contribution in [0.15, 0.2) is 85.2 Å². The highest BCUT2D eigenvalue weighted by Gasteiger charge is 1.80. The van der Waals surface area contributed by atoms with Gasteiger partial charge in [-0.1, -0.05) is 59.7 Å². The number of pyridine rings is 1.